The van der Waals surface area contributed by atoms with Gasteiger partial charge >= 0.3 is 0 Å². The molecule has 1 atom stereocenters. The first-order chi connectivity index (χ1) is 8.16. The Labute approximate surface area is 110 Å². The standard InChI is InChI=1S/C14H14BrNO/c1-16-10-2-3-13(16)14(17)9-6-11-4-7-12(15)8-5-11/h4-5,7-8,13H,2-3,10H2,1H3. The van der Waals surface area contributed by atoms with Crippen LogP contribution in [0, 0.1) is 11.8 Å². The second kappa shape index (κ2) is 5.48. The average Bonchev–Trinajstić information content (AvgIpc) is 2.74. The number of likely N-dealkylation sites (N-methyl/N-ethyl adjacent to an activating group) is 1. The van der Waals surface area contributed by atoms with Gasteiger partial charge in [0.15, 0.2) is 0 Å². The number of ketones is 1. The van der Waals surface area contributed by atoms with Gasteiger partial charge in [0.1, 0.15) is 0 Å². The van der Waals surface area contributed by atoms with Crippen LogP contribution in [0.25, 0.3) is 0 Å². The third kappa shape index (κ3) is 3.18. The van der Waals surface area contributed by atoms with Gasteiger partial charge in [-0.25, -0.2) is 0 Å². The van der Waals surface area contributed by atoms with Gasteiger partial charge in [-0.2, -0.15) is 0 Å². The van der Waals surface area contributed by atoms with Crippen LogP contribution in [0.5, 0.6) is 0 Å². The van der Waals surface area contributed by atoms with E-state index in [-0.39, 0.29) is 11.8 Å². The van der Waals surface area contributed by atoms with Gasteiger partial charge < -0.3 is 0 Å². The Balaban J connectivity index is 2.06. The number of likely N-dealkylation sites (tertiary alicyclic amines) is 1. The number of halogens is 1. The molecule has 3 heteroatoms. The number of nitrogens with zero attached hydrogens (tertiary/aromatic N) is 1. The highest BCUT2D eigenvalue weighted by molar-refractivity contribution is 9.10. The number of Topliss-reactive ketones (excluding diaryl/α,β-unsaturated/α-hetero) is 1. The van der Waals surface area contributed by atoms with Crippen molar-refractivity contribution < 1.29 is 4.79 Å². The molecule has 1 aromatic rings. The summed E-state index contributed by atoms with van der Waals surface area (Å²) < 4.78 is 1.02. The topological polar surface area (TPSA) is 20.3 Å². The molecule has 1 fully saturated rings. The molecule has 1 heterocycles. The van der Waals surface area contributed by atoms with E-state index in [2.05, 4.69) is 32.7 Å². The number of hydrogen-bond acceptors (Lipinski definition) is 2. The fourth-order valence-corrected chi connectivity index (χ4v) is 2.26. The molecule has 0 N–H and O–H groups in total. The van der Waals surface area contributed by atoms with Crippen LogP contribution in [0.2, 0.25) is 0 Å². The van der Waals surface area contributed by atoms with Crippen LogP contribution in [-0.2, 0) is 4.79 Å². The Morgan fingerprint density at radius 3 is 2.71 bits per heavy atom. The van der Waals surface area contributed by atoms with Crippen molar-refractivity contribution in [3.63, 3.8) is 0 Å². The van der Waals surface area contributed by atoms with Gasteiger partial charge in [0.2, 0.25) is 5.78 Å². The molecule has 88 valence electrons. The molecule has 0 bridgehead atoms. The normalized spacial score (nSPS) is 19.8. The van der Waals surface area contributed by atoms with Gasteiger partial charge in [-0.3, -0.25) is 9.69 Å². The molecule has 1 unspecified atom stereocenters. The van der Waals surface area contributed by atoms with Crippen molar-refractivity contribution in [1.29, 1.82) is 0 Å². The van der Waals surface area contributed by atoms with Gasteiger partial charge in [0.05, 0.1) is 6.04 Å². The van der Waals surface area contributed by atoms with E-state index in [1.807, 2.05) is 31.3 Å². The zero-order chi connectivity index (χ0) is 12.3. The Morgan fingerprint density at radius 2 is 2.12 bits per heavy atom. The molecule has 2 rings (SSSR count). The first kappa shape index (κ1) is 12.3. The summed E-state index contributed by atoms with van der Waals surface area (Å²) in [7, 11) is 1.98. The number of carbonyl (C=O) groups excluding carboxylic acids is 1. The summed E-state index contributed by atoms with van der Waals surface area (Å²) in [5.74, 6) is 5.70. The molecule has 1 aromatic carbocycles. The summed E-state index contributed by atoms with van der Waals surface area (Å²) in [5, 5.41) is 0. The zero-order valence-electron chi connectivity index (χ0n) is 9.74. The third-order valence-corrected chi connectivity index (χ3v) is 3.53. The first-order valence-corrected chi connectivity index (χ1v) is 6.48. The van der Waals surface area contributed by atoms with E-state index in [1.54, 1.807) is 0 Å². The van der Waals surface area contributed by atoms with Crippen molar-refractivity contribution >= 4 is 21.7 Å². The third-order valence-electron chi connectivity index (χ3n) is 3.00. The molecule has 2 nitrogen and oxygen atoms in total. The molecular formula is C14H14BrNO. The SMILES string of the molecule is CN1CCCC1C(=O)C#Cc1ccc(Br)cc1. The van der Waals surface area contributed by atoms with E-state index in [0.29, 0.717) is 0 Å². The molecule has 1 saturated heterocycles. The van der Waals surface area contributed by atoms with Crippen LogP contribution in [0.1, 0.15) is 18.4 Å². The van der Waals surface area contributed by atoms with Crippen molar-refractivity contribution in [2.45, 2.75) is 18.9 Å². The lowest BCUT2D eigenvalue weighted by atomic mass is 10.1. The Kier molecular flexibility index (Phi) is 3.98. The minimum Gasteiger partial charge on any atom is -0.296 e. The smallest absolute Gasteiger partial charge is 0.222 e. The van der Waals surface area contributed by atoms with Gasteiger partial charge in [-0.05, 0) is 56.6 Å². The van der Waals surface area contributed by atoms with Crippen molar-refractivity contribution in [3.05, 3.63) is 34.3 Å². The van der Waals surface area contributed by atoms with Gasteiger partial charge in [0.25, 0.3) is 0 Å². The quantitative estimate of drug-likeness (QED) is 0.741. The van der Waals surface area contributed by atoms with Crippen LogP contribution in [0.3, 0.4) is 0 Å². The van der Waals surface area contributed by atoms with Gasteiger partial charge in [-0.1, -0.05) is 21.9 Å². The van der Waals surface area contributed by atoms with E-state index in [1.165, 1.54) is 0 Å². The lowest BCUT2D eigenvalue weighted by Gasteiger charge is -2.14. The maximum atomic E-state index is 11.9. The summed E-state index contributed by atoms with van der Waals surface area (Å²) in [6.07, 6.45) is 2.03. The van der Waals surface area contributed by atoms with Gasteiger partial charge in [-0.15, -0.1) is 0 Å². The summed E-state index contributed by atoms with van der Waals surface area (Å²) >= 11 is 3.37. The molecule has 0 amide bonds. The Morgan fingerprint density at radius 1 is 1.41 bits per heavy atom. The minimum absolute atomic E-state index is 0.00190. The monoisotopic (exact) mass is 291 g/mol. The van der Waals surface area contributed by atoms with E-state index >= 15 is 0 Å². The average molecular weight is 292 g/mol. The number of hydrogen-bond donors (Lipinski definition) is 0. The molecule has 1 aliphatic heterocycles. The zero-order valence-corrected chi connectivity index (χ0v) is 11.3. The lowest BCUT2D eigenvalue weighted by molar-refractivity contribution is -0.117. The minimum atomic E-state index is -0.00190. The van der Waals surface area contributed by atoms with Crippen molar-refractivity contribution in [2.75, 3.05) is 13.6 Å². The summed E-state index contributed by atoms with van der Waals surface area (Å²) in [4.78, 5) is 14.0. The maximum absolute atomic E-state index is 11.9. The number of carbonyl (C=O) groups is 1. The molecule has 0 aliphatic carbocycles. The fourth-order valence-electron chi connectivity index (χ4n) is 1.99. The predicted molar refractivity (Wildman–Crippen MR) is 71.7 cm³/mol. The maximum Gasteiger partial charge on any atom is 0.222 e. The van der Waals surface area contributed by atoms with Gasteiger partial charge in [0, 0.05) is 10.0 Å². The summed E-state index contributed by atoms with van der Waals surface area (Å²) in [5.41, 5.74) is 0.877. The Hall–Kier alpha value is -1.11. The van der Waals surface area contributed by atoms with Crippen molar-refractivity contribution in [1.82, 2.24) is 4.90 Å². The second-order valence-corrected chi connectivity index (χ2v) is 5.18. The van der Waals surface area contributed by atoms with Crippen LogP contribution >= 0.6 is 15.9 Å². The fraction of sp³-hybridized carbons (Fsp3) is 0.357. The van der Waals surface area contributed by atoms with Crippen LogP contribution in [-0.4, -0.2) is 30.3 Å². The van der Waals surface area contributed by atoms with Crippen LogP contribution in [0.4, 0.5) is 0 Å². The Bertz CT molecular complexity index is 469. The highest BCUT2D eigenvalue weighted by atomic mass is 79.9. The van der Waals surface area contributed by atoms with E-state index < -0.39 is 0 Å². The number of rotatable bonds is 1. The molecule has 17 heavy (non-hydrogen) atoms. The molecule has 0 radical (unpaired) electrons. The molecule has 0 aromatic heterocycles. The predicted octanol–water partition coefficient (Wildman–Crippen LogP) is 2.46. The lowest BCUT2D eigenvalue weighted by Crippen LogP contribution is -2.31. The molecule has 0 spiro atoms. The highest BCUT2D eigenvalue weighted by Crippen LogP contribution is 2.15. The summed E-state index contributed by atoms with van der Waals surface area (Å²) in [6, 6.07) is 7.66. The van der Waals surface area contributed by atoms with Crippen molar-refractivity contribution in [2.24, 2.45) is 0 Å². The van der Waals surface area contributed by atoms with Crippen LogP contribution in [0.15, 0.2) is 28.7 Å². The summed E-state index contributed by atoms with van der Waals surface area (Å²) in [6.45, 7) is 0.996. The van der Waals surface area contributed by atoms with E-state index in [4.69, 9.17) is 0 Å². The molecule has 1 aliphatic rings. The first-order valence-electron chi connectivity index (χ1n) is 5.68. The number of benzene rings is 1. The van der Waals surface area contributed by atoms with Crippen molar-refractivity contribution in [3.8, 4) is 11.8 Å². The van der Waals surface area contributed by atoms with Crippen LogP contribution < -0.4 is 0 Å². The largest absolute Gasteiger partial charge is 0.296 e. The molecule has 0 saturated carbocycles. The highest BCUT2D eigenvalue weighted by Gasteiger charge is 2.26. The van der Waals surface area contributed by atoms with E-state index in [9.17, 15) is 4.79 Å². The molecular weight excluding hydrogens is 278 g/mol. The van der Waals surface area contributed by atoms with E-state index in [0.717, 1.165) is 29.4 Å². The second-order valence-electron chi connectivity index (χ2n) is 4.26.